The molecule has 0 saturated heterocycles. The second-order valence-electron chi connectivity index (χ2n) is 4.51. The number of nitrogens with one attached hydrogen (secondary N) is 2. The van der Waals surface area contributed by atoms with E-state index in [2.05, 4.69) is 25.7 Å². The maximum atomic E-state index is 5.27. The van der Waals surface area contributed by atoms with E-state index >= 15 is 0 Å². The largest absolute Gasteiger partial charge is 0.358 e. The van der Waals surface area contributed by atoms with E-state index in [0.717, 1.165) is 5.56 Å². The van der Waals surface area contributed by atoms with Crippen molar-refractivity contribution in [3.8, 4) is 5.82 Å². The van der Waals surface area contributed by atoms with Crippen molar-refractivity contribution in [3.05, 3.63) is 66.7 Å². The van der Waals surface area contributed by atoms with E-state index in [0.29, 0.717) is 23.3 Å². The van der Waals surface area contributed by atoms with Crippen LogP contribution in [0.3, 0.4) is 0 Å². The van der Waals surface area contributed by atoms with Crippen LogP contribution in [-0.4, -0.2) is 24.9 Å². The highest BCUT2D eigenvalue weighted by molar-refractivity contribution is 7.80. The normalized spacial score (nSPS) is 10.2. The fraction of sp³-hybridized carbons (Fsp3) is 0.0667. The van der Waals surface area contributed by atoms with Crippen molar-refractivity contribution in [2.45, 2.75) is 6.54 Å². The molecule has 0 radical (unpaired) electrons. The molecule has 2 heterocycles. The lowest BCUT2D eigenvalue weighted by Gasteiger charge is -2.10. The summed E-state index contributed by atoms with van der Waals surface area (Å²) in [6, 6.07) is 13.7. The minimum Gasteiger partial charge on any atom is -0.358 e. The van der Waals surface area contributed by atoms with Crippen LogP contribution in [0.5, 0.6) is 0 Å². The molecule has 0 amide bonds. The molecule has 0 spiro atoms. The first kappa shape index (κ1) is 14.2. The van der Waals surface area contributed by atoms with Gasteiger partial charge in [-0.25, -0.2) is 14.6 Å². The average molecular weight is 310 g/mol. The topological polar surface area (TPSA) is 67.7 Å². The third-order valence-electron chi connectivity index (χ3n) is 2.93. The van der Waals surface area contributed by atoms with Gasteiger partial charge in [-0.1, -0.05) is 30.3 Å². The summed E-state index contributed by atoms with van der Waals surface area (Å²) < 4.78 is 1.66. The van der Waals surface area contributed by atoms with Crippen LogP contribution >= 0.6 is 12.2 Å². The third kappa shape index (κ3) is 3.64. The highest BCUT2D eigenvalue weighted by Gasteiger charge is 2.03. The van der Waals surface area contributed by atoms with E-state index in [1.165, 1.54) is 6.33 Å². The fourth-order valence-electron chi connectivity index (χ4n) is 1.88. The zero-order valence-electron chi connectivity index (χ0n) is 11.7. The van der Waals surface area contributed by atoms with Crippen molar-refractivity contribution in [2.75, 3.05) is 5.32 Å². The molecule has 0 aliphatic rings. The Bertz CT molecular complexity index is 742. The molecule has 0 fully saturated rings. The standard InChI is InChI=1S/C15H14N6S/c22-15(16-10-12-5-2-1-3-6-12)20-13-9-14(18-11-17-13)21-8-4-7-19-21/h1-9,11H,10H2,(H2,16,17,18,20,22). The molecule has 110 valence electrons. The molecule has 2 N–H and O–H groups in total. The molecule has 0 saturated carbocycles. The zero-order valence-corrected chi connectivity index (χ0v) is 12.5. The van der Waals surface area contributed by atoms with Gasteiger partial charge in [0, 0.05) is 25.0 Å². The molecule has 7 heteroatoms. The number of nitrogens with zero attached hydrogens (tertiary/aromatic N) is 4. The highest BCUT2D eigenvalue weighted by atomic mass is 32.1. The van der Waals surface area contributed by atoms with Crippen molar-refractivity contribution in [1.29, 1.82) is 0 Å². The molecule has 3 aromatic rings. The second-order valence-corrected chi connectivity index (χ2v) is 4.91. The van der Waals surface area contributed by atoms with Crippen LogP contribution in [0.4, 0.5) is 5.82 Å². The maximum absolute atomic E-state index is 5.27. The highest BCUT2D eigenvalue weighted by Crippen LogP contribution is 2.07. The molecular formula is C15H14N6S. The predicted octanol–water partition coefficient (Wildman–Crippen LogP) is 2.15. The Morgan fingerprint density at radius 3 is 2.77 bits per heavy atom. The number of anilines is 1. The van der Waals surface area contributed by atoms with Gasteiger partial charge in [-0.15, -0.1) is 0 Å². The van der Waals surface area contributed by atoms with Crippen LogP contribution in [-0.2, 0) is 6.54 Å². The molecule has 0 bridgehead atoms. The maximum Gasteiger partial charge on any atom is 0.172 e. The van der Waals surface area contributed by atoms with Gasteiger partial charge in [0.1, 0.15) is 12.1 Å². The monoisotopic (exact) mass is 310 g/mol. The Labute approximate surface area is 133 Å². The van der Waals surface area contributed by atoms with E-state index in [-0.39, 0.29) is 0 Å². The molecule has 6 nitrogen and oxygen atoms in total. The van der Waals surface area contributed by atoms with Crippen LogP contribution in [0, 0.1) is 0 Å². The van der Waals surface area contributed by atoms with E-state index in [1.807, 2.05) is 42.6 Å². The Kier molecular flexibility index (Phi) is 4.35. The molecule has 22 heavy (non-hydrogen) atoms. The van der Waals surface area contributed by atoms with Gasteiger partial charge in [-0.05, 0) is 23.8 Å². The number of hydrogen-bond acceptors (Lipinski definition) is 4. The first-order valence-corrected chi connectivity index (χ1v) is 7.13. The summed E-state index contributed by atoms with van der Waals surface area (Å²) >= 11 is 5.27. The summed E-state index contributed by atoms with van der Waals surface area (Å²) in [6.07, 6.45) is 4.98. The number of benzene rings is 1. The molecule has 1 aromatic carbocycles. The van der Waals surface area contributed by atoms with E-state index < -0.39 is 0 Å². The quantitative estimate of drug-likeness (QED) is 0.720. The lowest BCUT2D eigenvalue weighted by Crippen LogP contribution is -2.28. The van der Waals surface area contributed by atoms with Gasteiger partial charge in [0.05, 0.1) is 0 Å². The molecule has 0 unspecified atom stereocenters. The van der Waals surface area contributed by atoms with Crippen molar-refractivity contribution in [3.63, 3.8) is 0 Å². The van der Waals surface area contributed by atoms with Crippen molar-refractivity contribution in [2.24, 2.45) is 0 Å². The van der Waals surface area contributed by atoms with Crippen LogP contribution in [0.25, 0.3) is 5.82 Å². The van der Waals surface area contributed by atoms with Gasteiger partial charge < -0.3 is 10.6 Å². The summed E-state index contributed by atoms with van der Waals surface area (Å²) in [5.74, 6) is 1.29. The van der Waals surface area contributed by atoms with E-state index in [4.69, 9.17) is 12.2 Å². The van der Waals surface area contributed by atoms with Gasteiger partial charge in [0.25, 0.3) is 0 Å². The molecule has 3 rings (SSSR count). The van der Waals surface area contributed by atoms with Crippen LogP contribution in [0.15, 0.2) is 61.2 Å². The van der Waals surface area contributed by atoms with Crippen LogP contribution in [0.2, 0.25) is 0 Å². The number of hydrogen-bond donors (Lipinski definition) is 2. The predicted molar refractivity (Wildman–Crippen MR) is 88.7 cm³/mol. The summed E-state index contributed by atoms with van der Waals surface area (Å²) in [5, 5.41) is 10.8. The number of thiocarbonyl (C=S) groups is 1. The van der Waals surface area contributed by atoms with Crippen molar-refractivity contribution < 1.29 is 0 Å². The lowest BCUT2D eigenvalue weighted by atomic mass is 10.2. The Morgan fingerprint density at radius 1 is 1.14 bits per heavy atom. The number of aromatic nitrogens is 4. The number of rotatable bonds is 4. The third-order valence-corrected chi connectivity index (χ3v) is 3.18. The average Bonchev–Trinajstić information content (AvgIpc) is 3.09. The van der Waals surface area contributed by atoms with E-state index in [9.17, 15) is 0 Å². The van der Waals surface area contributed by atoms with Crippen molar-refractivity contribution in [1.82, 2.24) is 25.1 Å². The minimum atomic E-state index is 0.508. The smallest absolute Gasteiger partial charge is 0.172 e. The molecule has 0 aliphatic heterocycles. The Balaban J connectivity index is 1.61. The van der Waals surface area contributed by atoms with Gasteiger partial charge in [0.15, 0.2) is 10.9 Å². The summed E-state index contributed by atoms with van der Waals surface area (Å²) in [7, 11) is 0. The second kappa shape index (κ2) is 6.77. The Hall–Kier alpha value is -2.80. The first-order valence-electron chi connectivity index (χ1n) is 6.72. The van der Waals surface area contributed by atoms with Gasteiger partial charge in [-0.2, -0.15) is 5.10 Å². The van der Waals surface area contributed by atoms with Crippen LogP contribution in [0.1, 0.15) is 5.56 Å². The Morgan fingerprint density at radius 2 is 2.00 bits per heavy atom. The van der Waals surface area contributed by atoms with E-state index in [1.54, 1.807) is 16.9 Å². The fourth-order valence-corrected chi connectivity index (χ4v) is 2.06. The SMILES string of the molecule is S=C(NCc1ccccc1)Nc1cc(-n2cccn2)ncn1. The summed E-state index contributed by atoms with van der Waals surface area (Å²) in [4.78, 5) is 8.32. The molecule has 2 aromatic heterocycles. The van der Waals surface area contributed by atoms with Crippen molar-refractivity contribution >= 4 is 23.1 Å². The first-order chi connectivity index (χ1) is 10.8. The zero-order chi connectivity index (χ0) is 15.2. The molecule has 0 atom stereocenters. The minimum absolute atomic E-state index is 0.508. The lowest BCUT2D eigenvalue weighted by molar-refractivity contribution is 0.840. The summed E-state index contributed by atoms with van der Waals surface area (Å²) in [5.41, 5.74) is 1.16. The summed E-state index contributed by atoms with van der Waals surface area (Å²) in [6.45, 7) is 0.657. The van der Waals surface area contributed by atoms with Gasteiger partial charge in [-0.3, -0.25) is 0 Å². The molecule has 0 aliphatic carbocycles. The molecular weight excluding hydrogens is 296 g/mol. The van der Waals surface area contributed by atoms with Gasteiger partial charge >= 0.3 is 0 Å². The van der Waals surface area contributed by atoms with Gasteiger partial charge in [0.2, 0.25) is 0 Å². The van der Waals surface area contributed by atoms with Crippen LogP contribution < -0.4 is 10.6 Å².